The molecule has 0 radical (unpaired) electrons. The molecule has 2 N–H and O–H groups in total. The van der Waals surface area contributed by atoms with Gasteiger partial charge in [0.1, 0.15) is 13.1 Å². The van der Waals surface area contributed by atoms with Crippen molar-refractivity contribution in [1.29, 1.82) is 0 Å². The van der Waals surface area contributed by atoms with E-state index in [9.17, 15) is 0 Å². The van der Waals surface area contributed by atoms with Crippen molar-refractivity contribution in [3.05, 3.63) is 33.6 Å². The third-order valence-corrected chi connectivity index (χ3v) is 4.69. The molecule has 17 heavy (non-hydrogen) atoms. The number of nitrogens with one attached hydrogen (secondary N) is 1. The fourth-order valence-corrected chi connectivity index (χ4v) is 3.79. The molecule has 1 heterocycles. The van der Waals surface area contributed by atoms with Gasteiger partial charge in [0.25, 0.3) is 0 Å². The van der Waals surface area contributed by atoms with Crippen LogP contribution in [0.4, 0.5) is 0 Å². The van der Waals surface area contributed by atoms with Crippen molar-refractivity contribution in [2.24, 2.45) is 0 Å². The number of hydrogen-bond donors (Lipinski definition) is 2. The van der Waals surface area contributed by atoms with Crippen LogP contribution in [0.3, 0.4) is 0 Å². The Labute approximate surface area is 114 Å². The summed E-state index contributed by atoms with van der Waals surface area (Å²) in [6.45, 7) is 5.27. The van der Waals surface area contributed by atoms with Gasteiger partial charge in [-0.25, -0.2) is 0 Å². The standard InChI is InChI=1S/C13H16BrNOS/c1-2-15(6-7-16)8-10-9-17-12-5-3-4-11(14)13(10)12/h3-5,9,16H,2,6-8H2,1H3/p+1. The van der Waals surface area contributed by atoms with Crippen LogP contribution < -0.4 is 4.90 Å². The number of halogens is 1. The van der Waals surface area contributed by atoms with Crippen LogP contribution in [0.2, 0.25) is 0 Å². The van der Waals surface area contributed by atoms with Crippen LogP contribution in [-0.2, 0) is 6.54 Å². The van der Waals surface area contributed by atoms with E-state index < -0.39 is 0 Å². The first-order valence-corrected chi connectivity index (χ1v) is 7.52. The molecule has 4 heteroatoms. The van der Waals surface area contributed by atoms with Gasteiger partial charge < -0.3 is 10.0 Å². The number of thiophene rings is 1. The summed E-state index contributed by atoms with van der Waals surface area (Å²) in [6, 6.07) is 6.33. The first kappa shape index (κ1) is 13.0. The Morgan fingerprint density at radius 2 is 2.24 bits per heavy atom. The predicted molar refractivity (Wildman–Crippen MR) is 76.7 cm³/mol. The minimum atomic E-state index is 0.256. The number of rotatable bonds is 5. The topological polar surface area (TPSA) is 24.7 Å². The Hall–Kier alpha value is -0.420. The lowest BCUT2D eigenvalue weighted by Gasteiger charge is -2.16. The van der Waals surface area contributed by atoms with E-state index in [1.54, 1.807) is 11.3 Å². The van der Waals surface area contributed by atoms with Crippen LogP contribution in [0, 0.1) is 0 Å². The van der Waals surface area contributed by atoms with Crippen molar-refractivity contribution < 1.29 is 10.0 Å². The molecule has 1 aromatic heterocycles. The van der Waals surface area contributed by atoms with Crippen molar-refractivity contribution in [2.75, 3.05) is 19.7 Å². The third-order valence-electron chi connectivity index (χ3n) is 3.03. The molecular formula is C13H17BrNOS+. The molecule has 0 aliphatic rings. The first-order chi connectivity index (χ1) is 8.26. The highest BCUT2D eigenvalue weighted by molar-refractivity contribution is 9.10. The van der Waals surface area contributed by atoms with E-state index >= 15 is 0 Å². The monoisotopic (exact) mass is 314 g/mol. The maximum absolute atomic E-state index is 9.04. The summed E-state index contributed by atoms with van der Waals surface area (Å²) in [5.74, 6) is 0. The summed E-state index contributed by atoms with van der Waals surface area (Å²) in [5.41, 5.74) is 1.38. The summed E-state index contributed by atoms with van der Waals surface area (Å²) in [4.78, 5) is 1.42. The molecule has 92 valence electrons. The number of benzene rings is 1. The van der Waals surface area contributed by atoms with Crippen molar-refractivity contribution in [2.45, 2.75) is 13.5 Å². The maximum Gasteiger partial charge on any atom is 0.104 e. The third kappa shape index (κ3) is 2.88. The summed E-state index contributed by atoms with van der Waals surface area (Å²) < 4.78 is 2.50. The molecule has 1 atom stereocenters. The Morgan fingerprint density at radius 1 is 1.41 bits per heavy atom. The molecule has 2 rings (SSSR count). The van der Waals surface area contributed by atoms with Gasteiger partial charge in [-0.15, -0.1) is 11.3 Å². The van der Waals surface area contributed by atoms with Crippen LogP contribution in [-0.4, -0.2) is 24.8 Å². The van der Waals surface area contributed by atoms with Crippen molar-refractivity contribution >= 4 is 37.4 Å². The van der Waals surface area contributed by atoms with Crippen molar-refractivity contribution in [1.82, 2.24) is 0 Å². The molecule has 2 nitrogen and oxygen atoms in total. The zero-order chi connectivity index (χ0) is 12.3. The van der Waals surface area contributed by atoms with E-state index in [0.29, 0.717) is 0 Å². The second-order valence-electron chi connectivity index (χ2n) is 4.13. The quantitative estimate of drug-likeness (QED) is 0.867. The molecule has 0 spiro atoms. The molecule has 0 aliphatic carbocycles. The number of likely N-dealkylation sites (N-methyl/N-ethyl adjacent to an activating group) is 1. The lowest BCUT2D eigenvalue weighted by Crippen LogP contribution is -3.10. The molecule has 0 fully saturated rings. The van der Waals surface area contributed by atoms with Gasteiger partial charge in [0.05, 0.1) is 13.2 Å². The number of fused-ring (bicyclic) bond motifs is 1. The lowest BCUT2D eigenvalue weighted by atomic mass is 10.1. The van der Waals surface area contributed by atoms with E-state index in [2.05, 4.69) is 46.4 Å². The van der Waals surface area contributed by atoms with Crippen molar-refractivity contribution in [3.63, 3.8) is 0 Å². The fraction of sp³-hybridized carbons (Fsp3) is 0.385. The van der Waals surface area contributed by atoms with E-state index in [-0.39, 0.29) is 6.61 Å². The zero-order valence-corrected chi connectivity index (χ0v) is 12.3. The van der Waals surface area contributed by atoms with Crippen LogP contribution in [0.1, 0.15) is 12.5 Å². The highest BCUT2D eigenvalue weighted by Gasteiger charge is 2.12. The van der Waals surface area contributed by atoms with Crippen LogP contribution in [0.25, 0.3) is 10.1 Å². The predicted octanol–water partition coefficient (Wildman–Crippen LogP) is 2.06. The number of hydrogen-bond acceptors (Lipinski definition) is 2. The van der Waals surface area contributed by atoms with Gasteiger partial charge in [0.15, 0.2) is 0 Å². The number of aliphatic hydroxyl groups is 1. The molecule has 1 unspecified atom stereocenters. The number of quaternary nitrogens is 1. The Morgan fingerprint density at radius 3 is 2.94 bits per heavy atom. The molecule has 1 aromatic carbocycles. The van der Waals surface area contributed by atoms with Gasteiger partial charge in [-0.3, -0.25) is 0 Å². The van der Waals surface area contributed by atoms with Gasteiger partial charge in [0, 0.05) is 25.5 Å². The molecule has 0 amide bonds. The first-order valence-electron chi connectivity index (χ1n) is 5.85. The van der Waals surface area contributed by atoms with E-state index in [1.807, 2.05) is 0 Å². The lowest BCUT2D eigenvalue weighted by molar-refractivity contribution is -0.912. The molecule has 0 aliphatic heterocycles. The smallest absolute Gasteiger partial charge is 0.104 e. The van der Waals surface area contributed by atoms with Gasteiger partial charge in [-0.1, -0.05) is 22.0 Å². The van der Waals surface area contributed by atoms with E-state index in [1.165, 1.54) is 25.0 Å². The van der Waals surface area contributed by atoms with Crippen molar-refractivity contribution in [3.8, 4) is 0 Å². The van der Waals surface area contributed by atoms with E-state index in [0.717, 1.165) is 19.6 Å². The molecule has 0 bridgehead atoms. The Balaban J connectivity index is 2.29. The van der Waals surface area contributed by atoms with Crippen LogP contribution in [0.5, 0.6) is 0 Å². The highest BCUT2D eigenvalue weighted by Crippen LogP contribution is 2.31. The maximum atomic E-state index is 9.04. The number of aliphatic hydroxyl groups excluding tert-OH is 1. The van der Waals surface area contributed by atoms with Gasteiger partial charge >= 0.3 is 0 Å². The fourth-order valence-electron chi connectivity index (χ4n) is 2.06. The van der Waals surface area contributed by atoms with Gasteiger partial charge in [0.2, 0.25) is 0 Å². The largest absolute Gasteiger partial charge is 0.391 e. The Kier molecular flexibility index (Phi) is 4.56. The van der Waals surface area contributed by atoms with Crippen LogP contribution in [0.15, 0.2) is 28.1 Å². The minimum absolute atomic E-state index is 0.256. The average molecular weight is 315 g/mol. The second-order valence-corrected chi connectivity index (χ2v) is 5.89. The summed E-state index contributed by atoms with van der Waals surface area (Å²) in [5, 5.41) is 12.6. The second kappa shape index (κ2) is 5.96. The molecule has 2 aromatic rings. The Bertz CT molecular complexity index is 497. The van der Waals surface area contributed by atoms with E-state index in [4.69, 9.17) is 5.11 Å². The summed E-state index contributed by atoms with van der Waals surface area (Å²) in [7, 11) is 0. The zero-order valence-electron chi connectivity index (χ0n) is 9.87. The minimum Gasteiger partial charge on any atom is -0.391 e. The highest BCUT2D eigenvalue weighted by atomic mass is 79.9. The molecular weight excluding hydrogens is 298 g/mol. The molecule has 0 saturated heterocycles. The SMILES string of the molecule is CC[NH+](CCO)Cc1csc2cccc(Br)c12. The summed E-state index contributed by atoms with van der Waals surface area (Å²) in [6.07, 6.45) is 0. The summed E-state index contributed by atoms with van der Waals surface area (Å²) >= 11 is 5.42. The average Bonchev–Trinajstić information content (AvgIpc) is 2.73. The normalized spacial score (nSPS) is 13.1. The van der Waals surface area contributed by atoms with Gasteiger partial charge in [-0.2, -0.15) is 0 Å². The van der Waals surface area contributed by atoms with Gasteiger partial charge in [-0.05, 0) is 19.1 Å². The molecule has 0 saturated carbocycles. The van der Waals surface area contributed by atoms with Crippen LogP contribution >= 0.6 is 27.3 Å².